The fourth-order valence-electron chi connectivity index (χ4n) is 1.44. The third-order valence-electron chi connectivity index (χ3n) is 2.35. The fourth-order valence-corrected chi connectivity index (χ4v) is 1.60. The van der Waals surface area contributed by atoms with Crippen LogP contribution in [0.1, 0.15) is 5.56 Å². The number of nitrogens with two attached hydrogens (primary N) is 1. The fraction of sp³-hybridized carbons (Fsp3) is 0.167. The number of ether oxygens (including phenoxy) is 1. The lowest BCUT2D eigenvalue weighted by atomic mass is 10.2. The van der Waals surface area contributed by atoms with Gasteiger partial charge in [0, 0.05) is 16.8 Å². The number of esters is 1. The Morgan fingerprint density at radius 3 is 2.95 bits per heavy atom. The molecule has 0 saturated heterocycles. The molecule has 0 aliphatic heterocycles. The predicted octanol–water partition coefficient (Wildman–Crippen LogP) is 2.00. The minimum Gasteiger partial charge on any atom is -0.459 e. The summed E-state index contributed by atoms with van der Waals surface area (Å²) in [5.41, 5.74) is 6.17. The number of carbonyl (C=O) groups is 1. The normalized spacial score (nSPS) is 10.4. The van der Waals surface area contributed by atoms with Crippen LogP contribution in [0.4, 0.5) is 10.1 Å². The monoisotopic (exact) mass is 283 g/mol. The van der Waals surface area contributed by atoms with Crippen molar-refractivity contribution in [2.24, 2.45) is 0 Å². The van der Waals surface area contributed by atoms with Crippen LogP contribution in [0.2, 0.25) is 5.02 Å². The summed E-state index contributed by atoms with van der Waals surface area (Å²) >= 11 is 5.62. The number of nitrogen functional groups attached to an aromatic ring is 1. The molecule has 0 atom stereocenters. The average Bonchev–Trinajstić information content (AvgIpc) is 2.73. The van der Waals surface area contributed by atoms with E-state index < -0.39 is 11.8 Å². The Morgan fingerprint density at radius 1 is 1.53 bits per heavy atom. The number of anilines is 1. The van der Waals surface area contributed by atoms with Crippen LogP contribution in [0.3, 0.4) is 0 Å². The van der Waals surface area contributed by atoms with E-state index in [0.717, 1.165) is 0 Å². The lowest BCUT2D eigenvalue weighted by Gasteiger charge is -2.06. The zero-order valence-corrected chi connectivity index (χ0v) is 10.6. The van der Waals surface area contributed by atoms with Gasteiger partial charge in [-0.2, -0.15) is 5.10 Å². The number of nitrogens with zero attached hydrogens (tertiary/aromatic N) is 2. The first kappa shape index (κ1) is 13.4. The summed E-state index contributed by atoms with van der Waals surface area (Å²) < 4.78 is 19.7. The highest BCUT2D eigenvalue weighted by Gasteiger charge is 2.08. The predicted molar refractivity (Wildman–Crippen MR) is 67.8 cm³/mol. The molecule has 0 bridgehead atoms. The van der Waals surface area contributed by atoms with Gasteiger partial charge in [-0.3, -0.25) is 9.48 Å². The van der Waals surface area contributed by atoms with Gasteiger partial charge in [0.05, 0.1) is 11.9 Å². The molecule has 0 saturated carbocycles. The van der Waals surface area contributed by atoms with Gasteiger partial charge in [-0.1, -0.05) is 17.7 Å². The number of halogens is 2. The molecule has 2 aromatic rings. The second-order valence-electron chi connectivity index (χ2n) is 3.87. The summed E-state index contributed by atoms with van der Waals surface area (Å²) in [6, 6.07) is 4.16. The first-order valence-corrected chi connectivity index (χ1v) is 5.80. The van der Waals surface area contributed by atoms with Crippen LogP contribution >= 0.6 is 11.6 Å². The standard InChI is InChI=1S/C12H11ClFN3O2/c13-9-2-1-8(11(14)3-9)7-19-12(18)6-17-5-10(15)4-16-17/h1-5H,6-7,15H2. The molecule has 2 rings (SSSR count). The van der Waals surface area contributed by atoms with Crippen molar-refractivity contribution in [3.8, 4) is 0 Å². The molecule has 0 aliphatic carbocycles. The van der Waals surface area contributed by atoms with Gasteiger partial charge in [0.25, 0.3) is 0 Å². The van der Waals surface area contributed by atoms with E-state index in [0.29, 0.717) is 10.7 Å². The van der Waals surface area contributed by atoms with E-state index in [1.54, 1.807) is 0 Å². The second kappa shape index (κ2) is 5.71. The van der Waals surface area contributed by atoms with Gasteiger partial charge in [0.2, 0.25) is 0 Å². The Morgan fingerprint density at radius 2 is 2.32 bits per heavy atom. The van der Waals surface area contributed by atoms with Crippen molar-refractivity contribution < 1.29 is 13.9 Å². The highest BCUT2D eigenvalue weighted by Crippen LogP contribution is 2.15. The van der Waals surface area contributed by atoms with Gasteiger partial charge in [-0.05, 0) is 12.1 Å². The van der Waals surface area contributed by atoms with Crippen LogP contribution in [0, 0.1) is 5.82 Å². The molecule has 1 aromatic heterocycles. The van der Waals surface area contributed by atoms with E-state index in [1.165, 1.54) is 35.3 Å². The number of rotatable bonds is 4. The number of benzene rings is 1. The maximum absolute atomic E-state index is 13.4. The first-order chi connectivity index (χ1) is 9.04. The number of hydrogen-bond acceptors (Lipinski definition) is 4. The molecule has 0 amide bonds. The zero-order valence-electron chi connectivity index (χ0n) is 9.85. The molecule has 1 heterocycles. The van der Waals surface area contributed by atoms with Crippen molar-refractivity contribution in [3.05, 3.63) is 47.0 Å². The van der Waals surface area contributed by atoms with E-state index in [2.05, 4.69) is 5.10 Å². The minimum atomic E-state index is -0.530. The lowest BCUT2D eigenvalue weighted by molar-refractivity contribution is -0.145. The molecule has 0 unspecified atom stereocenters. The Hall–Kier alpha value is -2.08. The molecule has 0 radical (unpaired) electrons. The highest BCUT2D eigenvalue weighted by atomic mass is 35.5. The van der Waals surface area contributed by atoms with Gasteiger partial charge >= 0.3 is 5.97 Å². The Balaban J connectivity index is 1.89. The van der Waals surface area contributed by atoms with E-state index >= 15 is 0 Å². The van der Waals surface area contributed by atoms with E-state index in [1.807, 2.05) is 0 Å². The molecule has 1 aromatic carbocycles. The quantitative estimate of drug-likeness (QED) is 0.871. The summed E-state index contributed by atoms with van der Waals surface area (Å²) in [5, 5.41) is 4.13. The van der Waals surface area contributed by atoms with Crippen LogP contribution in [-0.2, 0) is 22.7 Å². The molecule has 5 nitrogen and oxygen atoms in total. The SMILES string of the molecule is Nc1cnn(CC(=O)OCc2ccc(Cl)cc2F)c1. The topological polar surface area (TPSA) is 70.1 Å². The summed E-state index contributed by atoms with van der Waals surface area (Å²) in [7, 11) is 0. The Bertz CT molecular complexity index is 600. The van der Waals surface area contributed by atoms with Gasteiger partial charge in [0.1, 0.15) is 19.0 Å². The molecule has 100 valence electrons. The van der Waals surface area contributed by atoms with Crippen molar-refractivity contribution >= 4 is 23.3 Å². The van der Waals surface area contributed by atoms with Crippen molar-refractivity contribution in [1.82, 2.24) is 9.78 Å². The Labute approximate surface area is 113 Å². The first-order valence-electron chi connectivity index (χ1n) is 5.42. The number of carbonyl (C=O) groups excluding carboxylic acids is 1. The molecule has 0 aliphatic rings. The lowest BCUT2D eigenvalue weighted by Crippen LogP contribution is -2.14. The third kappa shape index (κ3) is 3.69. The Kier molecular flexibility index (Phi) is 4.01. The van der Waals surface area contributed by atoms with Gasteiger partial charge < -0.3 is 10.5 Å². The van der Waals surface area contributed by atoms with Gasteiger partial charge in [0.15, 0.2) is 0 Å². The average molecular weight is 284 g/mol. The van der Waals surface area contributed by atoms with Crippen LogP contribution in [0.15, 0.2) is 30.6 Å². The summed E-state index contributed by atoms with van der Waals surface area (Å²) in [4.78, 5) is 11.5. The molecular formula is C12H11ClFN3O2. The largest absolute Gasteiger partial charge is 0.459 e. The van der Waals surface area contributed by atoms with Crippen molar-refractivity contribution in [2.75, 3.05) is 5.73 Å². The van der Waals surface area contributed by atoms with Gasteiger partial charge in [-0.25, -0.2) is 4.39 Å². The number of hydrogen-bond donors (Lipinski definition) is 1. The van der Waals surface area contributed by atoms with Crippen molar-refractivity contribution in [3.63, 3.8) is 0 Å². The smallest absolute Gasteiger partial charge is 0.328 e. The summed E-state index contributed by atoms with van der Waals surface area (Å²) in [6.45, 7) is -0.231. The van der Waals surface area contributed by atoms with Crippen molar-refractivity contribution in [1.29, 1.82) is 0 Å². The maximum Gasteiger partial charge on any atom is 0.328 e. The van der Waals surface area contributed by atoms with Gasteiger partial charge in [-0.15, -0.1) is 0 Å². The summed E-state index contributed by atoms with van der Waals surface area (Å²) in [6.07, 6.45) is 2.93. The van der Waals surface area contributed by atoms with E-state index in [-0.39, 0.29) is 18.7 Å². The number of aromatic nitrogens is 2. The van der Waals surface area contributed by atoms with Crippen LogP contribution in [-0.4, -0.2) is 15.7 Å². The highest BCUT2D eigenvalue weighted by molar-refractivity contribution is 6.30. The van der Waals surface area contributed by atoms with E-state index in [4.69, 9.17) is 22.1 Å². The van der Waals surface area contributed by atoms with E-state index in [9.17, 15) is 9.18 Å². The maximum atomic E-state index is 13.4. The molecule has 19 heavy (non-hydrogen) atoms. The summed E-state index contributed by atoms with van der Waals surface area (Å²) in [5.74, 6) is -1.04. The van der Waals surface area contributed by atoms with Crippen LogP contribution < -0.4 is 5.73 Å². The molecular weight excluding hydrogens is 273 g/mol. The molecule has 2 N–H and O–H groups in total. The third-order valence-corrected chi connectivity index (χ3v) is 2.58. The van der Waals surface area contributed by atoms with Crippen LogP contribution in [0.5, 0.6) is 0 Å². The van der Waals surface area contributed by atoms with Crippen LogP contribution in [0.25, 0.3) is 0 Å². The zero-order chi connectivity index (χ0) is 13.8. The molecule has 0 spiro atoms. The molecule has 0 fully saturated rings. The van der Waals surface area contributed by atoms with Crippen molar-refractivity contribution in [2.45, 2.75) is 13.2 Å². The minimum absolute atomic E-state index is 0.0770. The molecule has 7 heteroatoms. The second-order valence-corrected chi connectivity index (χ2v) is 4.30.